The van der Waals surface area contributed by atoms with Crippen molar-refractivity contribution in [3.8, 4) is 0 Å². The van der Waals surface area contributed by atoms with E-state index in [4.69, 9.17) is 11.6 Å². The van der Waals surface area contributed by atoms with E-state index in [0.29, 0.717) is 11.6 Å². The molecule has 1 saturated heterocycles. The lowest BCUT2D eigenvalue weighted by molar-refractivity contribution is -0.139. The second kappa shape index (κ2) is 8.92. The average Bonchev–Trinajstić information content (AvgIpc) is 2.81. The van der Waals surface area contributed by atoms with Crippen LogP contribution in [-0.2, 0) is 16.0 Å². The van der Waals surface area contributed by atoms with Crippen LogP contribution in [0.2, 0.25) is 5.02 Å². The zero-order valence-electron chi connectivity index (χ0n) is 13.8. The van der Waals surface area contributed by atoms with Crippen molar-refractivity contribution < 1.29 is 9.59 Å². The summed E-state index contributed by atoms with van der Waals surface area (Å²) in [6.07, 6.45) is 5.24. The third kappa shape index (κ3) is 5.87. The molecule has 5 heteroatoms. The average molecular weight is 337 g/mol. The summed E-state index contributed by atoms with van der Waals surface area (Å²) in [5.74, 6) is 0.0142. The predicted octanol–water partition coefficient (Wildman–Crippen LogP) is 3.13. The zero-order valence-corrected chi connectivity index (χ0v) is 14.5. The molecule has 0 spiro atoms. The Labute approximate surface area is 143 Å². The molecule has 0 aliphatic carbocycles. The van der Waals surface area contributed by atoms with Gasteiger partial charge in [-0.25, -0.2) is 0 Å². The highest BCUT2D eigenvalue weighted by Crippen LogP contribution is 2.12. The maximum absolute atomic E-state index is 12.4. The molecular formula is C18H25ClN2O2. The Morgan fingerprint density at radius 3 is 2.26 bits per heavy atom. The van der Waals surface area contributed by atoms with Gasteiger partial charge >= 0.3 is 0 Å². The summed E-state index contributed by atoms with van der Waals surface area (Å²) in [6.45, 7) is 3.90. The van der Waals surface area contributed by atoms with Gasteiger partial charge in [-0.3, -0.25) is 9.59 Å². The van der Waals surface area contributed by atoms with E-state index in [-0.39, 0.29) is 18.4 Å². The number of halogens is 1. The minimum absolute atomic E-state index is 0.0536. The van der Waals surface area contributed by atoms with Gasteiger partial charge in [-0.15, -0.1) is 0 Å². The maximum Gasteiger partial charge on any atom is 0.242 e. The molecule has 2 rings (SSSR count). The zero-order chi connectivity index (χ0) is 16.7. The van der Waals surface area contributed by atoms with Crippen LogP contribution in [0.5, 0.6) is 0 Å². The summed E-state index contributed by atoms with van der Waals surface area (Å²) >= 11 is 5.88. The van der Waals surface area contributed by atoms with Crippen molar-refractivity contribution in [2.45, 2.75) is 39.0 Å². The Hall–Kier alpha value is -1.55. The lowest BCUT2D eigenvalue weighted by Crippen LogP contribution is -2.43. The van der Waals surface area contributed by atoms with Gasteiger partial charge in [0.2, 0.25) is 11.8 Å². The molecule has 0 aromatic heterocycles. The molecule has 0 atom stereocenters. The van der Waals surface area contributed by atoms with Crippen molar-refractivity contribution in [3.05, 3.63) is 34.9 Å². The Bertz CT molecular complexity index is 522. The number of carbonyl (C=O) groups is 2. The molecule has 1 heterocycles. The predicted molar refractivity (Wildman–Crippen MR) is 92.5 cm³/mol. The maximum atomic E-state index is 12.4. The largest absolute Gasteiger partial charge is 0.341 e. The summed E-state index contributed by atoms with van der Waals surface area (Å²) in [5, 5.41) is 0.702. The van der Waals surface area contributed by atoms with E-state index in [1.807, 2.05) is 29.2 Å². The van der Waals surface area contributed by atoms with Gasteiger partial charge in [0, 0.05) is 31.6 Å². The topological polar surface area (TPSA) is 40.6 Å². The SMILES string of the molecule is CC(=O)N(CCc1ccc(Cl)cc1)CC(=O)N1CCCCCC1. The van der Waals surface area contributed by atoms with Crippen molar-refractivity contribution in [3.63, 3.8) is 0 Å². The van der Waals surface area contributed by atoms with Crippen LogP contribution >= 0.6 is 11.6 Å². The molecule has 0 N–H and O–H groups in total. The van der Waals surface area contributed by atoms with Crippen molar-refractivity contribution in [2.24, 2.45) is 0 Å². The highest BCUT2D eigenvalue weighted by atomic mass is 35.5. The van der Waals surface area contributed by atoms with Gasteiger partial charge in [0.15, 0.2) is 0 Å². The lowest BCUT2D eigenvalue weighted by atomic mass is 10.1. The second-order valence-electron chi connectivity index (χ2n) is 6.11. The van der Waals surface area contributed by atoms with E-state index in [0.717, 1.165) is 37.9 Å². The molecule has 1 aliphatic rings. The Kier molecular flexibility index (Phi) is 6.90. The van der Waals surface area contributed by atoms with E-state index >= 15 is 0 Å². The second-order valence-corrected chi connectivity index (χ2v) is 6.55. The van der Waals surface area contributed by atoms with Gasteiger partial charge < -0.3 is 9.80 Å². The first-order chi connectivity index (χ1) is 11.1. The van der Waals surface area contributed by atoms with Gasteiger partial charge in [0.25, 0.3) is 0 Å². The Balaban J connectivity index is 1.88. The molecule has 1 aromatic rings. The quantitative estimate of drug-likeness (QED) is 0.828. The molecule has 4 nitrogen and oxygen atoms in total. The summed E-state index contributed by atoms with van der Waals surface area (Å²) in [7, 11) is 0. The van der Waals surface area contributed by atoms with Crippen LogP contribution in [0, 0.1) is 0 Å². The third-order valence-corrected chi connectivity index (χ3v) is 4.57. The summed E-state index contributed by atoms with van der Waals surface area (Å²) in [4.78, 5) is 27.8. The highest BCUT2D eigenvalue weighted by molar-refractivity contribution is 6.30. The number of nitrogens with zero attached hydrogens (tertiary/aromatic N) is 2. The molecule has 23 heavy (non-hydrogen) atoms. The summed E-state index contributed by atoms with van der Waals surface area (Å²) in [6, 6.07) is 7.60. The summed E-state index contributed by atoms with van der Waals surface area (Å²) in [5.41, 5.74) is 1.11. The van der Waals surface area contributed by atoms with Crippen LogP contribution < -0.4 is 0 Å². The van der Waals surface area contributed by atoms with E-state index in [9.17, 15) is 9.59 Å². The van der Waals surface area contributed by atoms with Gasteiger partial charge in [0.1, 0.15) is 0 Å². The number of likely N-dealkylation sites (tertiary alicyclic amines) is 1. The van der Waals surface area contributed by atoms with Gasteiger partial charge in [-0.1, -0.05) is 36.6 Å². The van der Waals surface area contributed by atoms with Crippen LogP contribution in [0.1, 0.15) is 38.2 Å². The smallest absolute Gasteiger partial charge is 0.242 e. The van der Waals surface area contributed by atoms with Crippen molar-refractivity contribution >= 4 is 23.4 Å². The normalized spacial score (nSPS) is 15.1. The number of hydrogen-bond donors (Lipinski definition) is 0. The number of rotatable bonds is 5. The Morgan fingerprint density at radius 2 is 1.70 bits per heavy atom. The molecule has 1 aliphatic heterocycles. The van der Waals surface area contributed by atoms with Gasteiger partial charge in [-0.05, 0) is 37.0 Å². The number of amides is 2. The Morgan fingerprint density at radius 1 is 1.09 bits per heavy atom. The van der Waals surface area contributed by atoms with Crippen molar-refractivity contribution in [1.29, 1.82) is 0 Å². The molecule has 2 amide bonds. The van der Waals surface area contributed by atoms with Crippen molar-refractivity contribution in [1.82, 2.24) is 9.80 Å². The number of hydrogen-bond acceptors (Lipinski definition) is 2. The standard InChI is InChI=1S/C18H25ClN2O2/c1-15(22)21(13-10-16-6-8-17(19)9-7-16)14-18(23)20-11-4-2-3-5-12-20/h6-9H,2-5,10-14H2,1H3. The van der Waals surface area contributed by atoms with Crippen molar-refractivity contribution in [2.75, 3.05) is 26.2 Å². The molecular weight excluding hydrogens is 312 g/mol. The fourth-order valence-electron chi connectivity index (χ4n) is 2.85. The fraction of sp³-hybridized carbons (Fsp3) is 0.556. The lowest BCUT2D eigenvalue weighted by Gasteiger charge is -2.26. The summed E-state index contributed by atoms with van der Waals surface area (Å²) < 4.78 is 0. The van der Waals surface area contributed by atoms with E-state index in [1.54, 1.807) is 4.90 Å². The highest BCUT2D eigenvalue weighted by Gasteiger charge is 2.19. The first-order valence-electron chi connectivity index (χ1n) is 8.34. The van der Waals surface area contributed by atoms with Crippen LogP contribution in [0.3, 0.4) is 0 Å². The molecule has 1 aromatic carbocycles. The third-order valence-electron chi connectivity index (χ3n) is 4.31. The molecule has 0 radical (unpaired) electrons. The fourth-order valence-corrected chi connectivity index (χ4v) is 2.97. The molecule has 1 fully saturated rings. The number of benzene rings is 1. The molecule has 126 valence electrons. The van der Waals surface area contributed by atoms with Gasteiger partial charge in [0.05, 0.1) is 6.54 Å². The minimum Gasteiger partial charge on any atom is -0.341 e. The molecule has 0 unspecified atom stereocenters. The van der Waals surface area contributed by atoms with Crippen LogP contribution in [0.25, 0.3) is 0 Å². The monoisotopic (exact) mass is 336 g/mol. The van der Waals surface area contributed by atoms with E-state index in [2.05, 4.69) is 0 Å². The first kappa shape index (κ1) is 17.8. The number of carbonyl (C=O) groups excluding carboxylic acids is 2. The van der Waals surface area contributed by atoms with E-state index in [1.165, 1.54) is 19.8 Å². The van der Waals surface area contributed by atoms with Gasteiger partial charge in [-0.2, -0.15) is 0 Å². The van der Waals surface area contributed by atoms with Crippen LogP contribution in [0.4, 0.5) is 0 Å². The molecule has 0 saturated carbocycles. The minimum atomic E-state index is -0.0536. The molecule has 0 bridgehead atoms. The van der Waals surface area contributed by atoms with Crippen LogP contribution in [0.15, 0.2) is 24.3 Å². The van der Waals surface area contributed by atoms with E-state index < -0.39 is 0 Å². The van der Waals surface area contributed by atoms with Crippen LogP contribution in [-0.4, -0.2) is 47.8 Å². The first-order valence-corrected chi connectivity index (χ1v) is 8.72.